The molecule has 2 aliphatic heterocycles. The predicted molar refractivity (Wildman–Crippen MR) is 112 cm³/mol. The number of rotatable bonds is 1. The van der Waals surface area contributed by atoms with E-state index in [1.165, 1.54) is 0 Å². The molecule has 3 aliphatic rings. The first kappa shape index (κ1) is 17.5. The summed E-state index contributed by atoms with van der Waals surface area (Å²) in [5, 5.41) is 0.790. The van der Waals surface area contributed by atoms with Gasteiger partial charge in [0.05, 0.1) is 11.8 Å². The summed E-state index contributed by atoms with van der Waals surface area (Å²) in [5.41, 5.74) is 5.96. The highest BCUT2D eigenvalue weighted by Gasteiger charge is 2.36. The summed E-state index contributed by atoms with van der Waals surface area (Å²) in [4.78, 5) is 25.1. The third kappa shape index (κ3) is 2.48. The van der Waals surface area contributed by atoms with Crippen LogP contribution < -0.4 is 15.1 Å². The largest absolute Gasteiger partial charge is 0.489 e. The average Bonchev–Trinajstić information content (AvgIpc) is 3.23. The van der Waals surface area contributed by atoms with Crippen molar-refractivity contribution < 1.29 is 18.7 Å². The van der Waals surface area contributed by atoms with Gasteiger partial charge in [-0.05, 0) is 61.1 Å². The summed E-state index contributed by atoms with van der Waals surface area (Å²) in [6, 6.07) is 9.82. The highest BCUT2D eigenvalue weighted by atomic mass is 16.5. The number of benzene rings is 2. The van der Waals surface area contributed by atoms with Crippen molar-refractivity contribution in [3.63, 3.8) is 0 Å². The van der Waals surface area contributed by atoms with Crippen LogP contribution in [0.2, 0.25) is 0 Å². The van der Waals surface area contributed by atoms with Crippen molar-refractivity contribution in [1.29, 1.82) is 0 Å². The van der Waals surface area contributed by atoms with E-state index in [1.54, 1.807) is 0 Å². The van der Waals surface area contributed by atoms with Gasteiger partial charge in [0.15, 0.2) is 0 Å². The first-order valence-electron chi connectivity index (χ1n) is 10.3. The van der Waals surface area contributed by atoms with Crippen LogP contribution in [-0.2, 0) is 17.6 Å². The summed E-state index contributed by atoms with van der Waals surface area (Å²) in [5.74, 6) is 1.03. The number of hydrogen-bond acceptors (Lipinski definition) is 5. The lowest BCUT2D eigenvalue weighted by molar-refractivity contribution is -0.135. The van der Waals surface area contributed by atoms with E-state index in [4.69, 9.17) is 13.9 Å². The van der Waals surface area contributed by atoms with Crippen LogP contribution in [0.3, 0.4) is 0 Å². The Morgan fingerprint density at radius 1 is 1.07 bits per heavy atom. The number of carbonyl (C=O) groups is 1. The van der Waals surface area contributed by atoms with Gasteiger partial charge in [0.25, 0.3) is 0 Å². The van der Waals surface area contributed by atoms with Gasteiger partial charge in [-0.3, -0.25) is 4.79 Å². The molecule has 30 heavy (non-hydrogen) atoms. The minimum absolute atomic E-state index is 0.122. The van der Waals surface area contributed by atoms with Crippen molar-refractivity contribution in [2.24, 2.45) is 0 Å². The monoisotopic (exact) mass is 400 g/mol. The van der Waals surface area contributed by atoms with Crippen molar-refractivity contribution in [1.82, 2.24) is 0 Å². The zero-order valence-electron chi connectivity index (χ0n) is 16.6. The smallest absolute Gasteiger partial charge is 0.339 e. The normalized spacial score (nSPS) is 19.4. The summed E-state index contributed by atoms with van der Waals surface area (Å²) in [7, 11) is 0. The molecule has 0 bridgehead atoms. The minimum Gasteiger partial charge on any atom is -0.489 e. The van der Waals surface area contributed by atoms with E-state index in [-0.39, 0.29) is 23.9 Å². The van der Waals surface area contributed by atoms with E-state index in [2.05, 4.69) is 6.08 Å². The van der Waals surface area contributed by atoms with E-state index in [9.17, 15) is 9.59 Å². The fourth-order valence-corrected chi connectivity index (χ4v) is 5.16. The van der Waals surface area contributed by atoms with E-state index in [0.717, 1.165) is 57.4 Å². The molecule has 0 unspecified atom stereocenters. The molecular formula is C25H20O5. The number of fused-ring (bicyclic) bond motifs is 6. The van der Waals surface area contributed by atoms with Crippen LogP contribution in [0, 0.1) is 6.92 Å². The Bertz CT molecular complexity index is 1330. The molecule has 1 aromatic heterocycles. The highest BCUT2D eigenvalue weighted by molar-refractivity contribution is 5.95. The van der Waals surface area contributed by atoms with Crippen LogP contribution in [0.1, 0.15) is 46.6 Å². The van der Waals surface area contributed by atoms with Crippen molar-refractivity contribution in [3.05, 3.63) is 74.1 Å². The van der Waals surface area contributed by atoms with E-state index in [1.807, 2.05) is 37.3 Å². The Balaban J connectivity index is 1.60. The van der Waals surface area contributed by atoms with Crippen LogP contribution in [0.5, 0.6) is 11.5 Å². The topological polar surface area (TPSA) is 65.7 Å². The molecule has 0 fully saturated rings. The van der Waals surface area contributed by atoms with Crippen molar-refractivity contribution in [2.45, 2.75) is 38.5 Å². The molecule has 150 valence electrons. The van der Waals surface area contributed by atoms with E-state index < -0.39 is 0 Å². The van der Waals surface area contributed by atoms with E-state index >= 15 is 0 Å². The van der Waals surface area contributed by atoms with Gasteiger partial charge in [-0.15, -0.1) is 0 Å². The standard InChI is InChI=1S/C25H20O5/c1-13-9-20-23(16-6-4-7-17(16)25(27)29-20)24-22(13)18(11-21(26)30-24)15-10-14-5-2-3-8-19(14)28-12-15/h2-3,5,8-10,18H,4,6-7,11-12H2,1H3/t18-/m1/s1. The maximum Gasteiger partial charge on any atom is 0.339 e. The van der Waals surface area contributed by atoms with Crippen LogP contribution in [0.15, 0.2) is 45.1 Å². The second-order valence-corrected chi connectivity index (χ2v) is 8.29. The lowest BCUT2D eigenvalue weighted by Gasteiger charge is -2.31. The second-order valence-electron chi connectivity index (χ2n) is 8.29. The molecule has 0 saturated carbocycles. The van der Waals surface area contributed by atoms with Crippen molar-refractivity contribution in [2.75, 3.05) is 6.61 Å². The van der Waals surface area contributed by atoms with Gasteiger partial charge in [0.1, 0.15) is 23.7 Å². The van der Waals surface area contributed by atoms with Crippen molar-refractivity contribution in [3.8, 4) is 11.5 Å². The molecule has 1 atom stereocenters. The van der Waals surface area contributed by atoms with Crippen LogP contribution in [0.25, 0.3) is 17.0 Å². The maximum absolute atomic E-state index is 12.7. The molecular weight excluding hydrogens is 380 g/mol. The van der Waals surface area contributed by atoms with Gasteiger partial charge >= 0.3 is 11.6 Å². The first-order chi connectivity index (χ1) is 14.6. The number of para-hydroxylation sites is 1. The number of ether oxygens (including phenoxy) is 2. The number of hydrogen-bond donors (Lipinski definition) is 0. The number of carbonyl (C=O) groups excluding carboxylic acids is 1. The molecule has 2 aromatic carbocycles. The number of esters is 1. The summed E-state index contributed by atoms with van der Waals surface area (Å²) >= 11 is 0. The van der Waals surface area contributed by atoms with Gasteiger partial charge in [0, 0.05) is 22.6 Å². The third-order valence-electron chi connectivity index (χ3n) is 6.50. The molecule has 1 aliphatic carbocycles. The summed E-state index contributed by atoms with van der Waals surface area (Å²) in [6.45, 7) is 2.42. The van der Waals surface area contributed by atoms with Crippen LogP contribution >= 0.6 is 0 Å². The summed E-state index contributed by atoms with van der Waals surface area (Å²) in [6.07, 6.45) is 4.83. The molecule has 5 nitrogen and oxygen atoms in total. The SMILES string of the molecule is Cc1cc2oc(=O)c3c(c2c2c1[C@@H](C1=Cc4ccccc4OC1)CC(=O)O2)CCC3. The Hall–Kier alpha value is -3.34. The fraction of sp³-hybridized carbons (Fsp3) is 0.280. The molecule has 0 radical (unpaired) electrons. The molecule has 3 aromatic rings. The number of aryl methyl sites for hydroxylation is 2. The average molecular weight is 400 g/mol. The van der Waals surface area contributed by atoms with Gasteiger partial charge in [-0.1, -0.05) is 18.2 Å². The second kappa shape index (κ2) is 6.33. The van der Waals surface area contributed by atoms with Gasteiger partial charge in [0.2, 0.25) is 0 Å². The van der Waals surface area contributed by atoms with Crippen molar-refractivity contribution >= 4 is 23.0 Å². The first-order valence-corrected chi connectivity index (χ1v) is 10.3. The van der Waals surface area contributed by atoms with E-state index in [0.29, 0.717) is 24.4 Å². The molecule has 5 heteroatoms. The zero-order chi connectivity index (χ0) is 20.4. The van der Waals surface area contributed by atoms with Gasteiger partial charge in [-0.2, -0.15) is 0 Å². The Kier molecular flexibility index (Phi) is 3.69. The third-order valence-corrected chi connectivity index (χ3v) is 6.50. The molecule has 6 rings (SSSR count). The molecule has 3 heterocycles. The zero-order valence-corrected chi connectivity index (χ0v) is 16.6. The molecule has 0 spiro atoms. The quantitative estimate of drug-likeness (QED) is 0.343. The Morgan fingerprint density at radius 2 is 1.90 bits per heavy atom. The van der Waals surface area contributed by atoms with Crippen LogP contribution in [-0.4, -0.2) is 12.6 Å². The molecule has 0 amide bonds. The Labute approximate surface area is 172 Å². The lowest BCUT2D eigenvalue weighted by Crippen LogP contribution is -2.25. The maximum atomic E-state index is 12.7. The minimum atomic E-state index is -0.270. The van der Waals surface area contributed by atoms with Gasteiger partial charge < -0.3 is 13.9 Å². The van der Waals surface area contributed by atoms with Crippen LogP contribution in [0.4, 0.5) is 0 Å². The Morgan fingerprint density at radius 3 is 2.80 bits per heavy atom. The predicted octanol–water partition coefficient (Wildman–Crippen LogP) is 4.46. The highest BCUT2D eigenvalue weighted by Crippen LogP contribution is 2.48. The van der Waals surface area contributed by atoms with Gasteiger partial charge in [-0.25, -0.2) is 4.79 Å². The fourth-order valence-electron chi connectivity index (χ4n) is 5.16. The molecule has 0 N–H and O–H groups in total. The molecule has 0 saturated heterocycles. The summed E-state index contributed by atoms with van der Waals surface area (Å²) < 4.78 is 17.4. The lowest BCUT2D eigenvalue weighted by atomic mass is 9.81.